The van der Waals surface area contributed by atoms with Crippen LogP contribution >= 0.6 is 0 Å². The van der Waals surface area contributed by atoms with Crippen molar-refractivity contribution in [1.82, 2.24) is 0 Å². The molecule has 2 heterocycles. The fourth-order valence-corrected chi connectivity index (χ4v) is 2.44. The standard InChI is InChI=1S/C12H15NO2/c1-7-2-3-9-8(4-7)12-5-10(13-9)11(14)6-15-12/h2-4,10-14H,5-6H2,1H3. The third-order valence-corrected chi connectivity index (χ3v) is 3.30. The van der Waals surface area contributed by atoms with Gasteiger partial charge in [-0.25, -0.2) is 0 Å². The molecule has 2 aliphatic rings. The van der Waals surface area contributed by atoms with Gasteiger partial charge in [-0.05, 0) is 13.0 Å². The molecule has 2 N–H and O–H groups in total. The molecule has 1 fully saturated rings. The van der Waals surface area contributed by atoms with Crippen LogP contribution in [0.1, 0.15) is 23.7 Å². The van der Waals surface area contributed by atoms with Crippen molar-refractivity contribution >= 4 is 5.69 Å². The summed E-state index contributed by atoms with van der Waals surface area (Å²) in [6.07, 6.45) is 0.655. The number of hydrogen-bond donors (Lipinski definition) is 2. The van der Waals surface area contributed by atoms with Gasteiger partial charge in [0.1, 0.15) is 0 Å². The Balaban J connectivity index is 2.03. The van der Waals surface area contributed by atoms with Crippen LogP contribution in [-0.2, 0) is 4.74 Å². The van der Waals surface area contributed by atoms with E-state index >= 15 is 0 Å². The Kier molecular flexibility index (Phi) is 1.97. The number of nitrogens with one attached hydrogen (secondary N) is 1. The van der Waals surface area contributed by atoms with Crippen molar-refractivity contribution in [2.24, 2.45) is 0 Å². The number of aliphatic hydroxyl groups is 1. The molecule has 0 aliphatic carbocycles. The molecule has 1 aromatic carbocycles. The second kappa shape index (κ2) is 3.22. The average molecular weight is 205 g/mol. The Bertz CT molecular complexity index is 391. The van der Waals surface area contributed by atoms with Crippen LogP contribution in [0.3, 0.4) is 0 Å². The van der Waals surface area contributed by atoms with Crippen LogP contribution in [0.15, 0.2) is 18.2 Å². The summed E-state index contributed by atoms with van der Waals surface area (Å²) in [5.41, 5.74) is 3.60. The first kappa shape index (κ1) is 9.19. The van der Waals surface area contributed by atoms with Crippen molar-refractivity contribution in [3.8, 4) is 0 Å². The number of anilines is 1. The van der Waals surface area contributed by atoms with E-state index < -0.39 is 0 Å². The van der Waals surface area contributed by atoms with E-state index in [1.165, 1.54) is 11.1 Å². The van der Waals surface area contributed by atoms with Gasteiger partial charge < -0.3 is 15.2 Å². The number of benzene rings is 1. The zero-order valence-electron chi connectivity index (χ0n) is 8.73. The van der Waals surface area contributed by atoms with E-state index in [4.69, 9.17) is 4.74 Å². The lowest BCUT2D eigenvalue weighted by Gasteiger charge is -2.40. The summed E-state index contributed by atoms with van der Waals surface area (Å²) in [6, 6.07) is 6.48. The topological polar surface area (TPSA) is 41.5 Å². The highest BCUT2D eigenvalue weighted by Gasteiger charge is 2.35. The molecular weight excluding hydrogens is 190 g/mol. The third-order valence-electron chi connectivity index (χ3n) is 3.30. The molecule has 3 atom stereocenters. The van der Waals surface area contributed by atoms with Crippen LogP contribution in [0, 0.1) is 6.92 Å². The number of hydrogen-bond acceptors (Lipinski definition) is 3. The molecule has 0 amide bonds. The highest BCUT2D eigenvalue weighted by atomic mass is 16.5. The molecule has 2 aliphatic heterocycles. The number of fused-ring (bicyclic) bond motifs is 4. The summed E-state index contributed by atoms with van der Waals surface area (Å²) in [6.45, 7) is 2.53. The van der Waals surface area contributed by atoms with Gasteiger partial charge in [0.15, 0.2) is 0 Å². The van der Waals surface area contributed by atoms with Crippen LogP contribution < -0.4 is 5.32 Å². The number of aliphatic hydroxyl groups excluding tert-OH is 1. The Hall–Kier alpha value is -1.06. The molecular formula is C12H15NO2. The van der Waals surface area contributed by atoms with Crippen LogP contribution in [0.4, 0.5) is 5.69 Å². The minimum atomic E-state index is -0.379. The van der Waals surface area contributed by atoms with E-state index in [2.05, 4.69) is 30.4 Å². The van der Waals surface area contributed by atoms with Gasteiger partial charge in [-0.3, -0.25) is 0 Å². The van der Waals surface area contributed by atoms with E-state index in [-0.39, 0.29) is 18.2 Å². The molecule has 3 rings (SSSR count). The van der Waals surface area contributed by atoms with Crippen molar-refractivity contribution < 1.29 is 9.84 Å². The molecule has 15 heavy (non-hydrogen) atoms. The van der Waals surface area contributed by atoms with Gasteiger partial charge >= 0.3 is 0 Å². The van der Waals surface area contributed by atoms with Crippen LogP contribution in [-0.4, -0.2) is 23.9 Å². The normalized spacial score (nSPS) is 33.1. The average Bonchev–Trinajstić information content (AvgIpc) is 2.24. The first-order valence-corrected chi connectivity index (χ1v) is 5.41. The summed E-state index contributed by atoms with van der Waals surface area (Å²) < 4.78 is 5.65. The number of ether oxygens (including phenoxy) is 1. The summed E-state index contributed by atoms with van der Waals surface area (Å²) in [7, 11) is 0. The molecule has 1 aromatic rings. The maximum Gasteiger partial charge on any atom is 0.0975 e. The molecule has 1 saturated heterocycles. The minimum absolute atomic E-state index is 0.152. The van der Waals surface area contributed by atoms with Gasteiger partial charge in [-0.15, -0.1) is 0 Å². The fraction of sp³-hybridized carbons (Fsp3) is 0.500. The molecule has 3 nitrogen and oxygen atoms in total. The fourth-order valence-electron chi connectivity index (χ4n) is 2.44. The molecule has 0 saturated carbocycles. The summed E-state index contributed by atoms with van der Waals surface area (Å²) >= 11 is 0. The highest BCUT2D eigenvalue weighted by molar-refractivity contribution is 5.57. The summed E-state index contributed by atoms with van der Waals surface area (Å²) in [4.78, 5) is 0. The largest absolute Gasteiger partial charge is 0.389 e. The lowest BCUT2D eigenvalue weighted by molar-refractivity contribution is -0.0672. The monoisotopic (exact) mass is 205 g/mol. The Morgan fingerprint density at radius 3 is 3.20 bits per heavy atom. The third kappa shape index (κ3) is 1.43. The molecule has 3 unspecified atom stereocenters. The zero-order valence-corrected chi connectivity index (χ0v) is 8.73. The van der Waals surface area contributed by atoms with Crippen molar-refractivity contribution in [2.75, 3.05) is 11.9 Å². The molecule has 0 spiro atoms. The predicted octanol–water partition coefficient (Wildman–Crippen LogP) is 1.61. The quantitative estimate of drug-likeness (QED) is 0.676. The van der Waals surface area contributed by atoms with E-state index in [0.29, 0.717) is 6.61 Å². The lowest BCUT2D eigenvalue weighted by Crippen LogP contribution is -2.45. The second-order valence-electron chi connectivity index (χ2n) is 4.47. The van der Waals surface area contributed by atoms with E-state index in [0.717, 1.165) is 12.1 Å². The van der Waals surface area contributed by atoms with Crippen molar-refractivity contribution in [2.45, 2.75) is 31.6 Å². The number of rotatable bonds is 0. The second-order valence-corrected chi connectivity index (χ2v) is 4.47. The van der Waals surface area contributed by atoms with Gasteiger partial charge in [-0.2, -0.15) is 0 Å². The lowest BCUT2D eigenvalue weighted by atomic mass is 9.89. The maximum absolute atomic E-state index is 9.71. The molecule has 2 bridgehead atoms. The zero-order chi connectivity index (χ0) is 10.4. The van der Waals surface area contributed by atoms with E-state index in [1.807, 2.05) is 0 Å². The molecule has 80 valence electrons. The van der Waals surface area contributed by atoms with Gasteiger partial charge in [0, 0.05) is 17.7 Å². The SMILES string of the molecule is Cc1ccc2c(c1)C1CC(N2)C(O)CO1. The Labute approximate surface area is 89.1 Å². The molecule has 0 aromatic heterocycles. The first-order chi connectivity index (χ1) is 7.24. The van der Waals surface area contributed by atoms with Gasteiger partial charge in [-0.1, -0.05) is 17.7 Å². The maximum atomic E-state index is 9.71. The van der Waals surface area contributed by atoms with Crippen molar-refractivity contribution in [1.29, 1.82) is 0 Å². The summed E-state index contributed by atoms with van der Waals surface area (Å²) in [5, 5.41) is 13.1. The summed E-state index contributed by atoms with van der Waals surface area (Å²) in [5.74, 6) is 0. The Morgan fingerprint density at radius 2 is 2.33 bits per heavy atom. The van der Waals surface area contributed by atoms with Crippen LogP contribution in [0.5, 0.6) is 0 Å². The highest BCUT2D eigenvalue weighted by Crippen LogP contribution is 2.39. The van der Waals surface area contributed by atoms with Gasteiger partial charge in [0.25, 0.3) is 0 Å². The molecule has 0 radical (unpaired) electrons. The van der Waals surface area contributed by atoms with E-state index in [1.54, 1.807) is 0 Å². The van der Waals surface area contributed by atoms with Gasteiger partial charge in [0.05, 0.1) is 24.9 Å². The van der Waals surface area contributed by atoms with Crippen LogP contribution in [0.2, 0.25) is 0 Å². The van der Waals surface area contributed by atoms with Crippen LogP contribution in [0.25, 0.3) is 0 Å². The molecule has 3 heteroatoms. The number of aryl methyl sites for hydroxylation is 1. The van der Waals surface area contributed by atoms with E-state index in [9.17, 15) is 5.11 Å². The minimum Gasteiger partial charge on any atom is -0.389 e. The smallest absolute Gasteiger partial charge is 0.0975 e. The Morgan fingerprint density at radius 1 is 1.47 bits per heavy atom. The van der Waals surface area contributed by atoms with Gasteiger partial charge in [0.2, 0.25) is 0 Å². The van der Waals surface area contributed by atoms with Crippen molar-refractivity contribution in [3.63, 3.8) is 0 Å². The predicted molar refractivity (Wildman–Crippen MR) is 57.9 cm³/mol. The van der Waals surface area contributed by atoms with Crippen molar-refractivity contribution in [3.05, 3.63) is 29.3 Å². The first-order valence-electron chi connectivity index (χ1n) is 5.41.